The van der Waals surface area contributed by atoms with E-state index in [0.29, 0.717) is 22.7 Å². The lowest BCUT2D eigenvalue weighted by Crippen LogP contribution is -2.18. The fraction of sp³-hybridized carbons (Fsp3) is 0.409. The van der Waals surface area contributed by atoms with Crippen LogP contribution in [0.2, 0.25) is 0 Å². The minimum Gasteiger partial charge on any atom is -0.374 e. The van der Waals surface area contributed by atoms with Gasteiger partial charge in [0.1, 0.15) is 23.1 Å². The summed E-state index contributed by atoms with van der Waals surface area (Å²) >= 11 is 1.61. The second-order valence-electron chi connectivity index (χ2n) is 8.17. The van der Waals surface area contributed by atoms with Crippen LogP contribution in [-0.2, 0) is 9.53 Å². The number of nitrogens with zero attached hydrogens (tertiary/aromatic N) is 2. The number of carbonyl (C=O) groups excluding carboxylic acids is 1. The van der Waals surface area contributed by atoms with Gasteiger partial charge in [-0.15, -0.1) is 11.8 Å². The number of hydrogen-bond acceptors (Lipinski definition) is 6. The van der Waals surface area contributed by atoms with Gasteiger partial charge >= 0.3 is 0 Å². The Morgan fingerprint density at radius 3 is 2.78 bits per heavy atom. The standard InChI is InChI=1S/C22H23F2N5O2S/c1-11-25-19-15(9-18(28-20(19)26-11)29-21(30)13-10-22(13,23)24)27-14-6-5-12(8-17(14)32-2)16-4-3-7-31-16/h5-6,8-9,13,16H,3-4,7,10H2,1-2H3,(H3,25,26,27,28,29,30). The number of fused-ring (bicyclic) bond motifs is 1. The molecule has 32 heavy (non-hydrogen) atoms. The van der Waals surface area contributed by atoms with Crippen LogP contribution in [0.15, 0.2) is 29.2 Å². The first kappa shape index (κ1) is 21.1. The number of amides is 1. The van der Waals surface area contributed by atoms with E-state index in [1.54, 1.807) is 24.8 Å². The summed E-state index contributed by atoms with van der Waals surface area (Å²) in [6.07, 6.45) is 3.78. The predicted molar refractivity (Wildman–Crippen MR) is 120 cm³/mol. The Morgan fingerprint density at radius 2 is 2.09 bits per heavy atom. The Hall–Kier alpha value is -2.72. The van der Waals surface area contributed by atoms with E-state index in [1.165, 1.54) is 0 Å². The molecule has 1 saturated heterocycles. The van der Waals surface area contributed by atoms with E-state index in [9.17, 15) is 13.6 Å². The van der Waals surface area contributed by atoms with Gasteiger partial charge in [-0.1, -0.05) is 6.07 Å². The molecule has 1 aromatic carbocycles. The summed E-state index contributed by atoms with van der Waals surface area (Å²) in [7, 11) is 0. The number of anilines is 3. The largest absolute Gasteiger partial charge is 0.374 e. The maximum absolute atomic E-state index is 13.3. The van der Waals surface area contributed by atoms with Crippen LogP contribution in [0.1, 0.15) is 36.8 Å². The molecule has 1 aliphatic carbocycles. The highest BCUT2D eigenvalue weighted by Gasteiger charge is 2.61. The molecule has 0 bridgehead atoms. The first-order valence-corrected chi connectivity index (χ1v) is 11.7. The number of aryl methyl sites for hydroxylation is 1. The van der Waals surface area contributed by atoms with Crippen molar-refractivity contribution >= 4 is 46.0 Å². The van der Waals surface area contributed by atoms with Gasteiger partial charge in [0.2, 0.25) is 5.91 Å². The molecule has 5 rings (SSSR count). The first-order valence-electron chi connectivity index (χ1n) is 10.5. The van der Waals surface area contributed by atoms with E-state index in [4.69, 9.17) is 4.74 Å². The molecule has 2 fully saturated rings. The molecule has 1 aliphatic heterocycles. The molecule has 3 aromatic rings. The second kappa shape index (κ2) is 8.00. The van der Waals surface area contributed by atoms with Crippen molar-refractivity contribution in [3.63, 3.8) is 0 Å². The fourth-order valence-electron chi connectivity index (χ4n) is 3.97. The number of imidazole rings is 1. The third-order valence-corrected chi connectivity index (χ3v) is 6.55. The van der Waals surface area contributed by atoms with Crippen LogP contribution < -0.4 is 10.6 Å². The van der Waals surface area contributed by atoms with Gasteiger partial charge in [0.25, 0.3) is 5.92 Å². The molecule has 3 N–H and O–H groups in total. The number of aromatic nitrogens is 3. The number of ether oxygens (including phenoxy) is 1. The number of aromatic amines is 1. The van der Waals surface area contributed by atoms with E-state index in [0.717, 1.165) is 35.6 Å². The molecular formula is C22H23F2N5O2S. The lowest BCUT2D eigenvalue weighted by Gasteiger charge is -2.16. The highest BCUT2D eigenvalue weighted by atomic mass is 32.2. The zero-order valence-corrected chi connectivity index (χ0v) is 18.5. The summed E-state index contributed by atoms with van der Waals surface area (Å²) in [5.41, 5.74) is 3.74. The molecule has 168 valence electrons. The smallest absolute Gasteiger partial charge is 0.260 e. The van der Waals surface area contributed by atoms with Gasteiger partial charge in [-0.3, -0.25) is 4.79 Å². The van der Waals surface area contributed by atoms with Crippen molar-refractivity contribution in [1.82, 2.24) is 15.0 Å². The van der Waals surface area contributed by atoms with Crippen molar-refractivity contribution in [2.75, 3.05) is 23.5 Å². The molecule has 1 amide bonds. The van der Waals surface area contributed by atoms with Crippen molar-refractivity contribution in [1.29, 1.82) is 0 Å². The van der Waals surface area contributed by atoms with E-state index in [-0.39, 0.29) is 11.9 Å². The highest BCUT2D eigenvalue weighted by Crippen LogP contribution is 2.49. The van der Waals surface area contributed by atoms with E-state index in [1.807, 2.05) is 18.4 Å². The second-order valence-corrected chi connectivity index (χ2v) is 9.02. The number of pyridine rings is 1. The molecule has 1 saturated carbocycles. The molecular weight excluding hydrogens is 436 g/mol. The number of carbonyl (C=O) groups is 1. The first-order chi connectivity index (χ1) is 15.3. The van der Waals surface area contributed by atoms with Crippen LogP contribution in [-0.4, -0.2) is 39.6 Å². The van der Waals surface area contributed by atoms with Gasteiger partial charge in [-0.25, -0.2) is 18.7 Å². The number of hydrogen-bond donors (Lipinski definition) is 3. The van der Waals surface area contributed by atoms with Crippen LogP contribution in [0.5, 0.6) is 0 Å². The Kier molecular flexibility index (Phi) is 5.29. The normalized spacial score (nSPS) is 21.6. The number of benzene rings is 1. The van der Waals surface area contributed by atoms with Crippen LogP contribution in [0, 0.1) is 12.8 Å². The SMILES string of the molecule is CSc1cc(C2CCCO2)ccc1Nc1cc(NC(=O)C2CC2(F)F)nc2nc(C)[nH]c12. The molecule has 7 nitrogen and oxygen atoms in total. The molecule has 3 heterocycles. The van der Waals surface area contributed by atoms with Crippen LogP contribution >= 0.6 is 11.8 Å². The fourth-order valence-corrected chi connectivity index (χ4v) is 4.57. The van der Waals surface area contributed by atoms with Crippen molar-refractivity contribution < 1.29 is 18.3 Å². The van der Waals surface area contributed by atoms with Crippen molar-refractivity contribution in [3.05, 3.63) is 35.7 Å². The molecule has 2 aromatic heterocycles. The molecule has 2 unspecified atom stereocenters. The average molecular weight is 460 g/mol. The summed E-state index contributed by atoms with van der Waals surface area (Å²) in [6.45, 7) is 2.59. The average Bonchev–Trinajstić information content (AvgIpc) is 3.13. The van der Waals surface area contributed by atoms with Gasteiger partial charge in [-0.2, -0.15) is 0 Å². The zero-order valence-electron chi connectivity index (χ0n) is 17.7. The lowest BCUT2D eigenvalue weighted by molar-refractivity contribution is -0.119. The molecule has 10 heteroatoms. The monoisotopic (exact) mass is 459 g/mol. The van der Waals surface area contributed by atoms with Crippen molar-refractivity contribution in [3.8, 4) is 0 Å². The number of thioether (sulfide) groups is 1. The Balaban J connectivity index is 1.46. The van der Waals surface area contributed by atoms with Gasteiger partial charge in [0, 0.05) is 24.0 Å². The number of H-pyrrole nitrogens is 1. The third kappa shape index (κ3) is 4.04. The topological polar surface area (TPSA) is 91.9 Å². The minimum atomic E-state index is -2.93. The lowest BCUT2D eigenvalue weighted by atomic mass is 10.1. The van der Waals surface area contributed by atoms with Crippen molar-refractivity contribution in [2.24, 2.45) is 5.92 Å². The quantitative estimate of drug-likeness (QED) is 0.440. The van der Waals surface area contributed by atoms with Gasteiger partial charge in [0.05, 0.1) is 17.5 Å². The number of halogens is 2. The summed E-state index contributed by atoms with van der Waals surface area (Å²) in [5.74, 6) is -4.13. The minimum absolute atomic E-state index is 0.125. The van der Waals surface area contributed by atoms with Gasteiger partial charge in [0.15, 0.2) is 5.65 Å². The maximum Gasteiger partial charge on any atom is 0.260 e. The molecule has 2 aliphatic rings. The van der Waals surface area contributed by atoms with Crippen LogP contribution in [0.4, 0.5) is 26.0 Å². The summed E-state index contributed by atoms with van der Waals surface area (Å²) in [6, 6.07) is 7.81. The van der Waals surface area contributed by atoms with E-state index in [2.05, 4.69) is 31.7 Å². The maximum atomic E-state index is 13.3. The Labute approximate surface area is 187 Å². The third-order valence-electron chi connectivity index (χ3n) is 5.77. The van der Waals surface area contributed by atoms with E-state index < -0.39 is 24.2 Å². The van der Waals surface area contributed by atoms with Crippen LogP contribution in [0.25, 0.3) is 11.2 Å². The number of rotatable bonds is 6. The van der Waals surface area contributed by atoms with Gasteiger partial charge < -0.3 is 20.4 Å². The Bertz CT molecular complexity index is 1190. The summed E-state index contributed by atoms with van der Waals surface area (Å²) in [5, 5.41) is 5.92. The van der Waals surface area contributed by atoms with Crippen molar-refractivity contribution in [2.45, 2.75) is 43.1 Å². The zero-order chi connectivity index (χ0) is 22.5. The number of nitrogens with one attached hydrogen (secondary N) is 3. The van der Waals surface area contributed by atoms with Gasteiger partial charge in [-0.05, 0) is 43.7 Å². The number of alkyl halides is 2. The molecule has 0 spiro atoms. The predicted octanol–water partition coefficient (Wildman–Crippen LogP) is 5.18. The molecule has 2 atom stereocenters. The molecule has 0 radical (unpaired) electrons. The highest BCUT2D eigenvalue weighted by molar-refractivity contribution is 7.98. The summed E-state index contributed by atoms with van der Waals surface area (Å²) < 4.78 is 32.4. The summed E-state index contributed by atoms with van der Waals surface area (Å²) in [4.78, 5) is 25.1. The van der Waals surface area contributed by atoms with Crippen LogP contribution in [0.3, 0.4) is 0 Å². The Morgan fingerprint density at radius 1 is 1.28 bits per heavy atom. The van der Waals surface area contributed by atoms with E-state index >= 15 is 0 Å².